The summed E-state index contributed by atoms with van der Waals surface area (Å²) in [5, 5.41) is 23.0. The fourth-order valence-electron chi connectivity index (χ4n) is 4.01. The van der Waals surface area contributed by atoms with Crippen LogP contribution in [0.2, 0.25) is 0 Å². The summed E-state index contributed by atoms with van der Waals surface area (Å²) < 4.78 is 0. The van der Waals surface area contributed by atoms with Gasteiger partial charge in [0, 0.05) is 11.1 Å². The molecule has 0 saturated heterocycles. The van der Waals surface area contributed by atoms with Crippen molar-refractivity contribution < 1.29 is 15.1 Å². The Bertz CT molecular complexity index is 850. The van der Waals surface area contributed by atoms with Gasteiger partial charge in [0.2, 0.25) is 0 Å². The zero-order chi connectivity index (χ0) is 22.3. The van der Waals surface area contributed by atoms with E-state index < -0.39 is 0 Å². The molecule has 1 fully saturated rings. The average Bonchev–Trinajstić information content (AvgIpc) is 3.01. The monoisotopic (exact) mass is 430 g/mol. The quantitative estimate of drug-likeness (QED) is 0.446. The first-order valence-electron chi connectivity index (χ1n) is 10.8. The van der Waals surface area contributed by atoms with Gasteiger partial charge in [-0.1, -0.05) is 60.8 Å². The molecule has 1 saturated carbocycles. The molecule has 1 aromatic rings. The van der Waals surface area contributed by atoms with Gasteiger partial charge in [0.25, 0.3) is 5.91 Å². The van der Waals surface area contributed by atoms with Gasteiger partial charge in [-0.3, -0.25) is 10.0 Å². The lowest BCUT2D eigenvalue weighted by Gasteiger charge is -2.29. The molecule has 5 nitrogen and oxygen atoms in total. The van der Waals surface area contributed by atoms with Crippen molar-refractivity contribution in [1.82, 2.24) is 5.06 Å². The first kappa shape index (κ1) is 22.9. The maximum Gasteiger partial charge on any atom is 0.286 e. The number of hydroxylamine groups is 2. The van der Waals surface area contributed by atoms with E-state index in [1.54, 1.807) is 0 Å². The third-order valence-electron chi connectivity index (χ3n) is 5.77. The highest BCUT2D eigenvalue weighted by Crippen LogP contribution is 2.41. The van der Waals surface area contributed by atoms with E-state index >= 15 is 0 Å². The van der Waals surface area contributed by atoms with E-state index in [-0.39, 0.29) is 22.8 Å². The summed E-state index contributed by atoms with van der Waals surface area (Å²) in [5.41, 5.74) is 2.08. The van der Waals surface area contributed by atoms with Crippen molar-refractivity contribution >= 4 is 28.9 Å². The molecule has 1 amide bonds. The summed E-state index contributed by atoms with van der Waals surface area (Å²) in [6.07, 6.45) is 7.05. The summed E-state index contributed by atoms with van der Waals surface area (Å²) in [7, 11) is 0. The van der Waals surface area contributed by atoms with Gasteiger partial charge in [0.1, 0.15) is 5.75 Å². The van der Waals surface area contributed by atoms with Gasteiger partial charge in [0.05, 0.1) is 10.9 Å². The minimum Gasteiger partial charge on any atom is -0.507 e. The average molecular weight is 431 g/mol. The zero-order valence-electron chi connectivity index (χ0n) is 19.0. The number of benzene rings is 1. The van der Waals surface area contributed by atoms with Gasteiger partial charge in [-0.2, -0.15) is 4.99 Å². The number of nitrogens with zero attached hydrogens (tertiary/aromatic N) is 2. The molecular weight excluding hydrogens is 396 g/mol. The summed E-state index contributed by atoms with van der Waals surface area (Å²) in [4.78, 5) is 17.1. The summed E-state index contributed by atoms with van der Waals surface area (Å²) in [5.74, 6) is -0.00845. The van der Waals surface area contributed by atoms with Crippen molar-refractivity contribution in [3.8, 4) is 5.75 Å². The second-order valence-corrected chi connectivity index (χ2v) is 11.4. The Morgan fingerprint density at radius 2 is 1.57 bits per heavy atom. The van der Waals surface area contributed by atoms with Crippen LogP contribution >= 0.6 is 11.8 Å². The van der Waals surface area contributed by atoms with Gasteiger partial charge in [-0.15, -0.1) is 0 Å². The molecule has 1 aliphatic carbocycles. The number of thioether (sulfide) groups is 1. The van der Waals surface area contributed by atoms with Crippen LogP contribution in [0.25, 0.3) is 6.08 Å². The number of carbonyl (C=O) groups excluding carboxylic acids is 1. The maximum atomic E-state index is 12.5. The Morgan fingerprint density at radius 3 is 2.07 bits per heavy atom. The number of hydrogen-bond donors (Lipinski definition) is 2. The van der Waals surface area contributed by atoms with Crippen LogP contribution in [0, 0.1) is 0 Å². The molecular formula is C24H34N2O3S. The first-order chi connectivity index (χ1) is 13.9. The Labute approximate surface area is 184 Å². The van der Waals surface area contributed by atoms with Crippen molar-refractivity contribution in [2.45, 2.75) is 90.5 Å². The molecule has 0 aromatic heterocycles. The van der Waals surface area contributed by atoms with Crippen LogP contribution in [-0.4, -0.2) is 32.5 Å². The lowest BCUT2D eigenvalue weighted by atomic mass is 9.78. The van der Waals surface area contributed by atoms with Crippen LogP contribution in [0.15, 0.2) is 22.0 Å². The summed E-state index contributed by atoms with van der Waals surface area (Å²) in [6, 6.07) is 3.92. The van der Waals surface area contributed by atoms with Crippen LogP contribution in [-0.2, 0) is 15.6 Å². The van der Waals surface area contributed by atoms with E-state index in [0.717, 1.165) is 42.4 Å². The summed E-state index contributed by atoms with van der Waals surface area (Å²) in [6.45, 7) is 12.4. The Balaban J connectivity index is 1.92. The van der Waals surface area contributed by atoms with Crippen LogP contribution in [0.1, 0.15) is 90.3 Å². The molecule has 1 aliphatic heterocycles. The Morgan fingerprint density at radius 1 is 1.03 bits per heavy atom. The largest absolute Gasteiger partial charge is 0.507 e. The van der Waals surface area contributed by atoms with E-state index in [2.05, 4.69) is 46.5 Å². The molecule has 0 bridgehead atoms. The standard InChI is InChI=1S/C24H34N2O3S/c1-23(2,3)17-12-15(13-18(20(17)27)24(4,5)6)14-19-21(28)25-22(30-19)26(29)16-10-8-7-9-11-16/h12-14,16,27,29H,7-11H2,1-6H3. The predicted octanol–water partition coefficient (Wildman–Crippen LogP) is 5.98. The number of hydrogen-bond acceptors (Lipinski definition) is 5. The molecule has 2 aliphatic rings. The van der Waals surface area contributed by atoms with Crippen molar-refractivity contribution in [3.63, 3.8) is 0 Å². The van der Waals surface area contributed by atoms with Crippen molar-refractivity contribution in [2.75, 3.05) is 0 Å². The number of amides is 1. The molecule has 0 unspecified atom stereocenters. The van der Waals surface area contributed by atoms with Crippen LogP contribution in [0.3, 0.4) is 0 Å². The lowest BCUT2D eigenvalue weighted by molar-refractivity contribution is -0.113. The third-order valence-corrected chi connectivity index (χ3v) is 6.75. The van der Waals surface area contributed by atoms with E-state index in [0.29, 0.717) is 15.8 Å². The van der Waals surface area contributed by atoms with E-state index in [1.807, 2.05) is 18.2 Å². The highest BCUT2D eigenvalue weighted by atomic mass is 32.2. The molecule has 2 N–H and O–H groups in total. The lowest BCUT2D eigenvalue weighted by Crippen LogP contribution is -2.36. The van der Waals surface area contributed by atoms with Crippen molar-refractivity contribution in [3.05, 3.63) is 33.7 Å². The minimum absolute atomic E-state index is 0.0332. The number of aliphatic imine (C=N–C) groups is 1. The fraction of sp³-hybridized carbons (Fsp3) is 0.583. The van der Waals surface area contributed by atoms with Crippen LogP contribution in [0.4, 0.5) is 0 Å². The molecule has 6 heteroatoms. The molecule has 1 heterocycles. The number of rotatable bonds is 2. The molecule has 0 spiro atoms. The van der Waals surface area contributed by atoms with Crippen molar-refractivity contribution in [2.24, 2.45) is 4.99 Å². The van der Waals surface area contributed by atoms with Gasteiger partial charge < -0.3 is 5.11 Å². The minimum atomic E-state index is -0.326. The first-order valence-corrected chi connectivity index (χ1v) is 11.6. The molecule has 0 atom stereocenters. The molecule has 164 valence electrons. The Kier molecular flexibility index (Phi) is 6.40. The normalized spacial score (nSPS) is 20.0. The molecule has 3 rings (SSSR count). The predicted molar refractivity (Wildman–Crippen MR) is 124 cm³/mol. The Hall–Kier alpha value is -1.79. The fourth-order valence-corrected chi connectivity index (χ4v) is 4.91. The number of carbonyl (C=O) groups is 1. The number of phenols is 1. The van der Waals surface area contributed by atoms with Crippen molar-refractivity contribution in [1.29, 1.82) is 0 Å². The van der Waals surface area contributed by atoms with E-state index in [4.69, 9.17) is 0 Å². The highest BCUT2D eigenvalue weighted by molar-refractivity contribution is 8.18. The highest BCUT2D eigenvalue weighted by Gasteiger charge is 2.31. The van der Waals surface area contributed by atoms with Gasteiger partial charge in [-0.25, -0.2) is 5.06 Å². The third kappa shape index (κ3) is 4.92. The molecule has 1 aromatic carbocycles. The maximum absolute atomic E-state index is 12.5. The number of aromatic hydroxyl groups is 1. The second kappa shape index (κ2) is 8.39. The smallest absolute Gasteiger partial charge is 0.286 e. The molecule has 0 radical (unpaired) electrons. The number of amidine groups is 1. The van der Waals surface area contributed by atoms with E-state index in [1.165, 1.54) is 23.2 Å². The van der Waals surface area contributed by atoms with E-state index in [9.17, 15) is 15.1 Å². The van der Waals surface area contributed by atoms with Gasteiger partial charge in [-0.05, 0) is 59.2 Å². The van der Waals surface area contributed by atoms with Crippen LogP contribution < -0.4 is 0 Å². The summed E-state index contributed by atoms with van der Waals surface area (Å²) >= 11 is 1.22. The second-order valence-electron chi connectivity index (χ2n) is 10.4. The van der Waals surface area contributed by atoms with Gasteiger partial charge in [0.15, 0.2) is 5.17 Å². The number of phenolic OH excluding ortho intramolecular Hbond substituents is 1. The topological polar surface area (TPSA) is 73.1 Å². The molecule has 30 heavy (non-hydrogen) atoms. The SMILES string of the molecule is CC(C)(C)c1cc(C=C2SC(N(O)C3CCCCC3)=NC2=O)cc(C(C)(C)C)c1O. The van der Waals surface area contributed by atoms with Gasteiger partial charge >= 0.3 is 0 Å². The van der Waals surface area contributed by atoms with Crippen LogP contribution in [0.5, 0.6) is 5.75 Å². The zero-order valence-corrected chi connectivity index (χ0v) is 19.8.